The van der Waals surface area contributed by atoms with E-state index >= 15 is 0 Å². The van der Waals surface area contributed by atoms with Gasteiger partial charge in [-0.2, -0.15) is 0 Å². The largest absolute Gasteiger partial charge is 0.364 e. The van der Waals surface area contributed by atoms with Gasteiger partial charge in [-0.3, -0.25) is 4.98 Å². The van der Waals surface area contributed by atoms with Crippen LogP contribution < -0.4 is 5.32 Å². The molecule has 0 aliphatic carbocycles. The van der Waals surface area contributed by atoms with Crippen molar-refractivity contribution in [3.63, 3.8) is 0 Å². The molecular formula is C12H11ClFN3. The number of nitrogens with zero attached hydrogens (tertiary/aromatic N) is 2. The highest BCUT2D eigenvalue weighted by molar-refractivity contribution is 6.30. The molecule has 0 unspecified atom stereocenters. The first-order chi connectivity index (χ1) is 8.16. The normalized spacial score (nSPS) is 10.3. The Morgan fingerprint density at radius 3 is 2.94 bits per heavy atom. The third kappa shape index (κ3) is 2.91. The zero-order chi connectivity index (χ0) is 12.3. The maximum Gasteiger partial charge on any atom is 0.166 e. The van der Waals surface area contributed by atoms with Crippen LogP contribution in [0.15, 0.2) is 30.7 Å². The Hall–Kier alpha value is -1.68. The topological polar surface area (TPSA) is 37.8 Å². The summed E-state index contributed by atoms with van der Waals surface area (Å²) >= 11 is 5.62. The van der Waals surface area contributed by atoms with E-state index in [1.54, 1.807) is 12.4 Å². The molecule has 0 bridgehead atoms. The van der Waals surface area contributed by atoms with E-state index in [-0.39, 0.29) is 10.8 Å². The summed E-state index contributed by atoms with van der Waals surface area (Å²) in [5, 5.41) is 3.21. The van der Waals surface area contributed by atoms with Gasteiger partial charge in [0.05, 0.1) is 5.02 Å². The third-order valence-electron chi connectivity index (χ3n) is 2.39. The summed E-state index contributed by atoms with van der Waals surface area (Å²) in [5.41, 5.74) is 2.10. The molecule has 0 fully saturated rings. The maximum atomic E-state index is 13.4. The van der Waals surface area contributed by atoms with Crippen LogP contribution in [0.25, 0.3) is 0 Å². The van der Waals surface area contributed by atoms with Crippen LogP contribution in [0.4, 0.5) is 10.2 Å². The molecule has 0 saturated carbocycles. The summed E-state index contributed by atoms with van der Waals surface area (Å²) < 4.78 is 13.4. The van der Waals surface area contributed by atoms with Crippen LogP contribution in [0.2, 0.25) is 5.02 Å². The molecule has 5 heteroatoms. The van der Waals surface area contributed by atoms with Gasteiger partial charge in [0.25, 0.3) is 0 Å². The molecule has 0 aliphatic heterocycles. The molecule has 17 heavy (non-hydrogen) atoms. The minimum Gasteiger partial charge on any atom is -0.364 e. The third-order valence-corrected chi connectivity index (χ3v) is 2.60. The fourth-order valence-corrected chi connectivity index (χ4v) is 1.57. The number of rotatable bonds is 3. The van der Waals surface area contributed by atoms with Gasteiger partial charge in [0, 0.05) is 25.1 Å². The van der Waals surface area contributed by atoms with E-state index in [2.05, 4.69) is 15.3 Å². The second kappa shape index (κ2) is 5.10. The van der Waals surface area contributed by atoms with Crippen molar-refractivity contribution < 1.29 is 4.39 Å². The average Bonchev–Trinajstić information content (AvgIpc) is 2.30. The summed E-state index contributed by atoms with van der Waals surface area (Å²) in [6, 6.07) is 3.12. The van der Waals surface area contributed by atoms with Gasteiger partial charge in [-0.05, 0) is 30.2 Å². The Bertz CT molecular complexity index is 531. The quantitative estimate of drug-likeness (QED) is 0.910. The van der Waals surface area contributed by atoms with Gasteiger partial charge in [-0.25, -0.2) is 9.37 Å². The number of hydrogen-bond donors (Lipinski definition) is 1. The zero-order valence-corrected chi connectivity index (χ0v) is 10.0. The van der Waals surface area contributed by atoms with E-state index in [0.717, 1.165) is 11.1 Å². The van der Waals surface area contributed by atoms with Crippen LogP contribution in [0.3, 0.4) is 0 Å². The minimum atomic E-state index is -0.454. The van der Waals surface area contributed by atoms with Crippen molar-refractivity contribution >= 4 is 17.4 Å². The Kier molecular flexibility index (Phi) is 3.54. The molecule has 2 rings (SSSR count). The van der Waals surface area contributed by atoms with Crippen molar-refractivity contribution in [3.05, 3.63) is 52.7 Å². The summed E-state index contributed by atoms with van der Waals surface area (Å²) in [6.45, 7) is 2.45. The van der Waals surface area contributed by atoms with Crippen LogP contribution in [-0.4, -0.2) is 9.97 Å². The fraction of sp³-hybridized carbons (Fsp3) is 0.167. The Labute approximate surface area is 104 Å². The number of anilines is 1. The number of pyridine rings is 2. The summed E-state index contributed by atoms with van der Waals surface area (Å²) in [7, 11) is 0. The lowest BCUT2D eigenvalue weighted by atomic mass is 10.1. The molecular weight excluding hydrogens is 241 g/mol. The van der Waals surface area contributed by atoms with E-state index < -0.39 is 5.82 Å². The molecule has 0 aliphatic rings. The predicted octanol–water partition coefficient (Wildman–Crippen LogP) is 3.19. The molecule has 1 N–H and O–H groups in total. The highest BCUT2D eigenvalue weighted by Gasteiger charge is 2.04. The molecule has 0 amide bonds. The SMILES string of the molecule is Cc1cnccc1CNc1ncc(Cl)cc1F. The molecule has 88 valence electrons. The first kappa shape index (κ1) is 11.8. The smallest absolute Gasteiger partial charge is 0.166 e. The van der Waals surface area contributed by atoms with Gasteiger partial charge in [0.15, 0.2) is 11.6 Å². The highest BCUT2D eigenvalue weighted by atomic mass is 35.5. The van der Waals surface area contributed by atoms with Gasteiger partial charge in [-0.1, -0.05) is 11.6 Å². The van der Waals surface area contributed by atoms with E-state index in [0.29, 0.717) is 6.54 Å². The number of aryl methyl sites for hydroxylation is 1. The standard InChI is InChI=1S/C12H11ClFN3/c1-8-5-15-3-2-9(8)6-16-12-11(14)4-10(13)7-17-12/h2-5,7H,6H2,1H3,(H,16,17). The first-order valence-electron chi connectivity index (χ1n) is 5.11. The number of halogens is 2. The van der Waals surface area contributed by atoms with E-state index in [9.17, 15) is 4.39 Å². The number of hydrogen-bond acceptors (Lipinski definition) is 3. The number of nitrogens with one attached hydrogen (secondary N) is 1. The number of aromatic nitrogens is 2. The lowest BCUT2D eigenvalue weighted by Crippen LogP contribution is -2.05. The van der Waals surface area contributed by atoms with Gasteiger partial charge < -0.3 is 5.32 Å². The average molecular weight is 252 g/mol. The van der Waals surface area contributed by atoms with E-state index in [4.69, 9.17) is 11.6 Å². The molecule has 2 aromatic heterocycles. The van der Waals surface area contributed by atoms with Crippen molar-refractivity contribution in [2.45, 2.75) is 13.5 Å². The summed E-state index contributed by atoms with van der Waals surface area (Å²) in [6.07, 6.45) is 4.88. The Morgan fingerprint density at radius 2 is 2.24 bits per heavy atom. The predicted molar refractivity (Wildman–Crippen MR) is 65.5 cm³/mol. The molecule has 0 aromatic carbocycles. The Balaban J connectivity index is 2.10. The lowest BCUT2D eigenvalue weighted by Gasteiger charge is -2.08. The molecule has 0 radical (unpaired) electrons. The van der Waals surface area contributed by atoms with Crippen molar-refractivity contribution in [2.75, 3.05) is 5.32 Å². The van der Waals surface area contributed by atoms with Gasteiger partial charge in [0.2, 0.25) is 0 Å². The van der Waals surface area contributed by atoms with Crippen LogP contribution in [0.1, 0.15) is 11.1 Å². The second-order valence-corrected chi connectivity index (χ2v) is 4.08. The molecule has 2 aromatic rings. The van der Waals surface area contributed by atoms with Gasteiger partial charge in [0.1, 0.15) is 0 Å². The van der Waals surface area contributed by atoms with Crippen molar-refractivity contribution in [1.29, 1.82) is 0 Å². The van der Waals surface area contributed by atoms with Crippen LogP contribution in [0, 0.1) is 12.7 Å². The maximum absolute atomic E-state index is 13.4. The fourth-order valence-electron chi connectivity index (χ4n) is 1.42. The zero-order valence-electron chi connectivity index (χ0n) is 9.24. The monoisotopic (exact) mass is 251 g/mol. The highest BCUT2D eigenvalue weighted by Crippen LogP contribution is 2.16. The Morgan fingerprint density at radius 1 is 1.41 bits per heavy atom. The van der Waals surface area contributed by atoms with Crippen molar-refractivity contribution in [3.8, 4) is 0 Å². The van der Waals surface area contributed by atoms with Crippen LogP contribution >= 0.6 is 11.6 Å². The van der Waals surface area contributed by atoms with E-state index in [1.165, 1.54) is 12.3 Å². The van der Waals surface area contributed by atoms with E-state index in [1.807, 2.05) is 13.0 Å². The molecule has 0 saturated heterocycles. The first-order valence-corrected chi connectivity index (χ1v) is 5.49. The van der Waals surface area contributed by atoms with Crippen molar-refractivity contribution in [2.24, 2.45) is 0 Å². The van der Waals surface area contributed by atoms with Gasteiger partial charge >= 0.3 is 0 Å². The molecule has 0 atom stereocenters. The summed E-state index contributed by atoms with van der Waals surface area (Å²) in [4.78, 5) is 7.88. The van der Waals surface area contributed by atoms with Crippen LogP contribution in [-0.2, 0) is 6.54 Å². The van der Waals surface area contributed by atoms with Crippen LogP contribution in [0.5, 0.6) is 0 Å². The molecule has 0 spiro atoms. The summed E-state index contributed by atoms with van der Waals surface area (Å²) in [5.74, 6) is -0.255. The lowest BCUT2D eigenvalue weighted by molar-refractivity contribution is 0.624. The molecule has 3 nitrogen and oxygen atoms in total. The minimum absolute atomic E-state index is 0.200. The van der Waals surface area contributed by atoms with Crippen molar-refractivity contribution in [1.82, 2.24) is 9.97 Å². The van der Waals surface area contributed by atoms with Gasteiger partial charge in [-0.15, -0.1) is 0 Å². The second-order valence-electron chi connectivity index (χ2n) is 3.64. The molecule has 2 heterocycles.